The molecule has 0 spiro atoms. The van der Waals surface area contributed by atoms with Gasteiger partial charge in [-0.1, -0.05) is 25.4 Å². The van der Waals surface area contributed by atoms with Crippen LogP contribution in [0, 0.1) is 0 Å². The van der Waals surface area contributed by atoms with Gasteiger partial charge >= 0.3 is 0 Å². The second kappa shape index (κ2) is 3.74. The average molecular weight is 241 g/mol. The first-order valence-corrected chi connectivity index (χ1v) is 5.99. The van der Waals surface area contributed by atoms with E-state index in [0.717, 1.165) is 20.2 Å². The number of hydrogen-bond acceptors (Lipinski definition) is 3. The van der Waals surface area contributed by atoms with E-state index in [1.54, 1.807) is 11.3 Å². The topological polar surface area (TPSA) is 38.9 Å². The van der Waals surface area contributed by atoms with Crippen LogP contribution in [0.2, 0.25) is 5.02 Å². The summed E-state index contributed by atoms with van der Waals surface area (Å²) in [5, 5.41) is 1.82. The zero-order valence-electron chi connectivity index (χ0n) is 8.75. The molecule has 2 rings (SSSR count). The van der Waals surface area contributed by atoms with E-state index in [0.29, 0.717) is 6.54 Å². The lowest BCUT2D eigenvalue weighted by molar-refractivity contribution is 0.536. The summed E-state index contributed by atoms with van der Waals surface area (Å²) in [5.74, 6) is 0. The fourth-order valence-electron chi connectivity index (χ4n) is 1.28. The summed E-state index contributed by atoms with van der Waals surface area (Å²) in [5.41, 5.74) is 6.67. The van der Waals surface area contributed by atoms with Crippen LogP contribution in [-0.2, 0) is 5.41 Å². The Morgan fingerprint density at radius 3 is 2.87 bits per heavy atom. The lowest BCUT2D eigenvalue weighted by Crippen LogP contribution is -2.27. The third kappa shape index (κ3) is 2.00. The molecular formula is C11H13ClN2S. The molecule has 1 heterocycles. The molecule has 2 nitrogen and oxygen atoms in total. The van der Waals surface area contributed by atoms with Crippen LogP contribution in [0.15, 0.2) is 18.2 Å². The van der Waals surface area contributed by atoms with Crippen molar-refractivity contribution in [1.82, 2.24) is 4.98 Å². The highest BCUT2D eigenvalue weighted by atomic mass is 35.5. The lowest BCUT2D eigenvalue weighted by Gasteiger charge is -2.18. The maximum absolute atomic E-state index is 5.93. The Morgan fingerprint density at radius 2 is 2.20 bits per heavy atom. The van der Waals surface area contributed by atoms with E-state index in [-0.39, 0.29) is 5.41 Å². The normalized spacial score (nSPS) is 12.3. The number of aromatic nitrogens is 1. The fraction of sp³-hybridized carbons (Fsp3) is 0.364. The van der Waals surface area contributed by atoms with Crippen LogP contribution in [0.4, 0.5) is 0 Å². The molecule has 4 heteroatoms. The maximum atomic E-state index is 5.93. The number of nitrogens with zero attached hydrogens (tertiary/aromatic N) is 1. The lowest BCUT2D eigenvalue weighted by atomic mass is 9.95. The Hall–Kier alpha value is -0.640. The number of halogens is 1. The van der Waals surface area contributed by atoms with Crippen molar-refractivity contribution in [1.29, 1.82) is 0 Å². The van der Waals surface area contributed by atoms with Crippen molar-refractivity contribution in [3.63, 3.8) is 0 Å². The van der Waals surface area contributed by atoms with E-state index in [1.165, 1.54) is 0 Å². The van der Waals surface area contributed by atoms with Crippen LogP contribution < -0.4 is 5.73 Å². The van der Waals surface area contributed by atoms with Crippen LogP contribution in [0.1, 0.15) is 18.9 Å². The molecule has 15 heavy (non-hydrogen) atoms. The molecular weight excluding hydrogens is 228 g/mol. The number of rotatable bonds is 2. The third-order valence-corrected chi connectivity index (χ3v) is 4.06. The van der Waals surface area contributed by atoms with Crippen LogP contribution in [0.25, 0.3) is 10.2 Å². The predicted molar refractivity (Wildman–Crippen MR) is 66.7 cm³/mol. The van der Waals surface area contributed by atoms with Gasteiger partial charge in [0.2, 0.25) is 0 Å². The van der Waals surface area contributed by atoms with Gasteiger partial charge in [0.15, 0.2) is 0 Å². The smallest absolute Gasteiger partial charge is 0.101 e. The molecule has 0 atom stereocenters. The van der Waals surface area contributed by atoms with Crippen molar-refractivity contribution in [2.45, 2.75) is 19.3 Å². The number of fused-ring (bicyclic) bond motifs is 1. The van der Waals surface area contributed by atoms with Gasteiger partial charge in [-0.15, -0.1) is 11.3 Å². The first-order valence-electron chi connectivity index (χ1n) is 4.79. The second-order valence-electron chi connectivity index (χ2n) is 4.22. The average Bonchev–Trinajstić information content (AvgIpc) is 2.61. The maximum Gasteiger partial charge on any atom is 0.101 e. The van der Waals surface area contributed by atoms with E-state index >= 15 is 0 Å². The van der Waals surface area contributed by atoms with Gasteiger partial charge < -0.3 is 5.73 Å². The van der Waals surface area contributed by atoms with Gasteiger partial charge in [-0.2, -0.15) is 0 Å². The molecule has 1 aromatic carbocycles. The molecule has 0 aliphatic carbocycles. The Labute approximate surface area is 98.1 Å². The van der Waals surface area contributed by atoms with E-state index in [4.69, 9.17) is 17.3 Å². The zero-order valence-corrected chi connectivity index (χ0v) is 10.3. The molecule has 0 amide bonds. The van der Waals surface area contributed by atoms with Crippen LogP contribution in [-0.4, -0.2) is 11.5 Å². The Morgan fingerprint density at radius 1 is 1.47 bits per heavy atom. The summed E-state index contributed by atoms with van der Waals surface area (Å²) in [6.45, 7) is 4.80. The Balaban J connectivity index is 2.56. The van der Waals surface area contributed by atoms with Crippen LogP contribution in [0.3, 0.4) is 0 Å². The molecule has 2 N–H and O–H groups in total. The number of thiazole rings is 1. The Bertz CT molecular complexity index is 490. The summed E-state index contributed by atoms with van der Waals surface area (Å²) in [4.78, 5) is 4.58. The molecule has 80 valence electrons. The molecule has 0 bridgehead atoms. The van der Waals surface area contributed by atoms with Gasteiger partial charge in [0.05, 0.1) is 10.2 Å². The molecule has 0 aliphatic rings. The highest BCUT2D eigenvalue weighted by Crippen LogP contribution is 2.32. The van der Waals surface area contributed by atoms with Gasteiger partial charge in [0, 0.05) is 17.0 Å². The molecule has 0 unspecified atom stereocenters. The third-order valence-electron chi connectivity index (χ3n) is 2.44. The van der Waals surface area contributed by atoms with Crippen molar-refractivity contribution >= 4 is 33.2 Å². The van der Waals surface area contributed by atoms with E-state index < -0.39 is 0 Å². The Kier molecular flexibility index (Phi) is 2.71. The van der Waals surface area contributed by atoms with E-state index in [1.807, 2.05) is 18.2 Å². The van der Waals surface area contributed by atoms with Crippen LogP contribution >= 0.6 is 22.9 Å². The van der Waals surface area contributed by atoms with Gasteiger partial charge in [-0.3, -0.25) is 0 Å². The minimum atomic E-state index is -0.0594. The molecule has 1 aromatic heterocycles. The monoisotopic (exact) mass is 240 g/mol. The van der Waals surface area contributed by atoms with Gasteiger partial charge in [0.1, 0.15) is 5.01 Å². The molecule has 0 saturated heterocycles. The second-order valence-corrected chi connectivity index (χ2v) is 5.69. The van der Waals surface area contributed by atoms with Crippen molar-refractivity contribution in [2.24, 2.45) is 5.73 Å². The van der Waals surface area contributed by atoms with E-state index in [2.05, 4.69) is 18.8 Å². The first kappa shape index (κ1) is 10.9. The van der Waals surface area contributed by atoms with Crippen molar-refractivity contribution in [2.75, 3.05) is 6.54 Å². The van der Waals surface area contributed by atoms with E-state index in [9.17, 15) is 0 Å². The molecule has 0 fully saturated rings. The SMILES string of the molecule is CC(C)(CN)c1nc2ccc(Cl)cc2s1. The fourth-order valence-corrected chi connectivity index (χ4v) is 2.63. The highest BCUT2D eigenvalue weighted by Gasteiger charge is 2.22. The standard InChI is InChI=1S/C11H13ClN2S/c1-11(2,6-13)10-14-8-4-3-7(12)5-9(8)15-10/h3-5H,6,13H2,1-2H3. The predicted octanol–water partition coefficient (Wildman–Crippen LogP) is 3.19. The molecule has 0 aliphatic heterocycles. The number of benzene rings is 1. The minimum absolute atomic E-state index is 0.0594. The van der Waals surface area contributed by atoms with Gasteiger partial charge in [-0.05, 0) is 18.2 Å². The van der Waals surface area contributed by atoms with Crippen molar-refractivity contribution < 1.29 is 0 Å². The van der Waals surface area contributed by atoms with Crippen molar-refractivity contribution in [3.8, 4) is 0 Å². The summed E-state index contributed by atoms with van der Waals surface area (Å²) >= 11 is 7.60. The van der Waals surface area contributed by atoms with Crippen molar-refractivity contribution in [3.05, 3.63) is 28.2 Å². The van der Waals surface area contributed by atoms with Crippen LogP contribution in [0.5, 0.6) is 0 Å². The van der Waals surface area contributed by atoms with Gasteiger partial charge in [-0.25, -0.2) is 4.98 Å². The summed E-state index contributed by atoms with van der Waals surface area (Å²) in [6, 6.07) is 5.76. The zero-order chi connectivity index (χ0) is 11.1. The summed E-state index contributed by atoms with van der Waals surface area (Å²) < 4.78 is 1.12. The minimum Gasteiger partial charge on any atom is -0.330 e. The molecule has 0 saturated carbocycles. The highest BCUT2D eigenvalue weighted by molar-refractivity contribution is 7.18. The largest absolute Gasteiger partial charge is 0.330 e. The van der Waals surface area contributed by atoms with Gasteiger partial charge in [0.25, 0.3) is 0 Å². The first-order chi connectivity index (χ1) is 7.03. The molecule has 2 aromatic rings. The number of hydrogen-bond donors (Lipinski definition) is 1. The quantitative estimate of drug-likeness (QED) is 0.876. The molecule has 0 radical (unpaired) electrons. The summed E-state index contributed by atoms with van der Waals surface area (Å²) in [7, 11) is 0. The number of nitrogens with two attached hydrogens (primary N) is 1. The summed E-state index contributed by atoms with van der Waals surface area (Å²) in [6.07, 6.45) is 0.